The summed E-state index contributed by atoms with van der Waals surface area (Å²) in [6.07, 6.45) is 2.87. The summed E-state index contributed by atoms with van der Waals surface area (Å²) in [5.74, 6) is 0.458. The molecule has 19 heavy (non-hydrogen) atoms. The monoisotopic (exact) mass is 258 g/mol. The van der Waals surface area contributed by atoms with Crippen LogP contribution in [-0.2, 0) is 4.79 Å². The molecule has 1 atom stereocenters. The lowest BCUT2D eigenvalue weighted by Crippen LogP contribution is -2.32. The lowest BCUT2D eigenvalue weighted by molar-refractivity contribution is -0.128. The van der Waals surface area contributed by atoms with Gasteiger partial charge in [-0.2, -0.15) is 0 Å². The number of hydrogen-bond donors (Lipinski definition) is 1. The van der Waals surface area contributed by atoms with Crippen LogP contribution in [0.1, 0.15) is 29.6 Å². The molecule has 2 aliphatic rings. The molecule has 3 rings (SSSR count). The van der Waals surface area contributed by atoms with Crippen LogP contribution in [0.15, 0.2) is 30.3 Å². The molecular weight excluding hydrogens is 240 g/mol. The maximum Gasteiger partial charge on any atom is 0.251 e. The maximum atomic E-state index is 11.9. The van der Waals surface area contributed by atoms with Crippen LogP contribution < -0.4 is 5.32 Å². The van der Waals surface area contributed by atoms with Gasteiger partial charge in [0.05, 0.1) is 0 Å². The molecule has 1 saturated heterocycles. The summed E-state index contributed by atoms with van der Waals surface area (Å²) in [4.78, 5) is 25.7. The summed E-state index contributed by atoms with van der Waals surface area (Å²) in [6, 6.07) is 9.67. The number of rotatable bonds is 4. The minimum Gasteiger partial charge on any atom is -0.352 e. The first-order valence-corrected chi connectivity index (χ1v) is 6.87. The summed E-state index contributed by atoms with van der Waals surface area (Å²) in [5.41, 5.74) is 0.672. The van der Waals surface area contributed by atoms with Gasteiger partial charge in [-0.3, -0.25) is 9.59 Å². The summed E-state index contributed by atoms with van der Waals surface area (Å²) in [5, 5.41) is 2.92. The Hall–Kier alpha value is -1.84. The van der Waals surface area contributed by atoms with E-state index in [1.54, 1.807) is 12.1 Å². The molecule has 1 heterocycles. The molecule has 1 saturated carbocycles. The maximum absolute atomic E-state index is 11.9. The molecule has 1 aromatic rings. The van der Waals surface area contributed by atoms with E-state index in [1.165, 1.54) is 0 Å². The molecule has 4 heteroatoms. The number of nitrogens with one attached hydrogen (secondary N) is 1. The molecular formula is C15H18N2O2. The fourth-order valence-corrected chi connectivity index (χ4v) is 2.61. The SMILES string of the molecule is O=C(NCC1CC(=O)N(C2CC2)C1)c1ccccc1. The van der Waals surface area contributed by atoms with Crippen molar-refractivity contribution in [2.75, 3.05) is 13.1 Å². The summed E-state index contributed by atoms with van der Waals surface area (Å²) >= 11 is 0. The number of amides is 2. The Morgan fingerprint density at radius 1 is 1.26 bits per heavy atom. The summed E-state index contributed by atoms with van der Waals surface area (Å²) in [6.45, 7) is 1.39. The zero-order valence-electron chi connectivity index (χ0n) is 10.8. The van der Waals surface area contributed by atoms with Gasteiger partial charge in [-0.1, -0.05) is 18.2 Å². The normalized spacial score (nSPS) is 22.6. The third kappa shape index (κ3) is 2.78. The average Bonchev–Trinajstić information content (AvgIpc) is 3.21. The Bertz CT molecular complexity index is 482. The number of carbonyl (C=O) groups excluding carboxylic acids is 2. The van der Waals surface area contributed by atoms with Gasteiger partial charge in [0.1, 0.15) is 0 Å². The van der Waals surface area contributed by atoms with Crippen LogP contribution in [0, 0.1) is 5.92 Å². The van der Waals surface area contributed by atoms with Gasteiger partial charge in [0.2, 0.25) is 5.91 Å². The second kappa shape index (κ2) is 5.03. The first-order chi connectivity index (χ1) is 9.24. The van der Waals surface area contributed by atoms with Crippen molar-refractivity contribution in [2.24, 2.45) is 5.92 Å². The lowest BCUT2D eigenvalue weighted by Gasteiger charge is -2.15. The van der Waals surface area contributed by atoms with Crippen molar-refractivity contribution >= 4 is 11.8 Å². The molecule has 2 amide bonds. The Morgan fingerprint density at radius 2 is 2.00 bits per heavy atom. The summed E-state index contributed by atoms with van der Waals surface area (Å²) < 4.78 is 0. The molecule has 1 N–H and O–H groups in total. The van der Waals surface area contributed by atoms with E-state index < -0.39 is 0 Å². The predicted octanol–water partition coefficient (Wildman–Crippen LogP) is 1.43. The first-order valence-electron chi connectivity index (χ1n) is 6.87. The summed E-state index contributed by atoms with van der Waals surface area (Å²) in [7, 11) is 0. The van der Waals surface area contributed by atoms with Gasteiger partial charge < -0.3 is 10.2 Å². The number of likely N-dealkylation sites (tertiary alicyclic amines) is 1. The van der Waals surface area contributed by atoms with E-state index >= 15 is 0 Å². The van der Waals surface area contributed by atoms with Gasteiger partial charge in [0, 0.05) is 37.0 Å². The second-order valence-electron chi connectivity index (χ2n) is 5.42. The lowest BCUT2D eigenvalue weighted by atomic mass is 10.1. The van der Waals surface area contributed by atoms with Crippen LogP contribution in [0.2, 0.25) is 0 Å². The molecule has 4 nitrogen and oxygen atoms in total. The molecule has 1 aliphatic carbocycles. The number of benzene rings is 1. The first kappa shape index (κ1) is 12.2. The molecule has 0 radical (unpaired) electrons. The minimum absolute atomic E-state index is 0.0575. The Morgan fingerprint density at radius 3 is 2.68 bits per heavy atom. The second-order valence-corrected chi connectivity index (χ2v) is 5.42. The van der Waals surface area contributed by atoms with Gasteiger partial charge >= 0.3 is 0 Å². The smallest absolute Gasteiger partial charge is 0.251 e. The van der Waals surface area contributed by atoms with Crippen molar-refractivity contribution in [1.82, 2.24) is 10.2 Å². The molecule has 1 unspecified atom stereocenters. The van der Waals surface area contributed by atoms with Crippen molar-refractivity contribution in [3.05, 3.63) is 35.9 Å². The predicted molar refractivity (Wildman–Crippen MR) is 71.6 cm³/mol. The Kier molecular flexibility index (Phi) is 3.23. The standard InChI is InChI=1S/C15H18N2O2/c18-14-8-11(10-17(14)13-6-7-13)9-16-15(19)12-4-2-1-3-5-12/h1-5,11,13H,6-10H2,(H,16,19). The van der Waals surface area contributed by atoms with Gasteiger partial charge in [-0.25, -0.2) is 0 Å². The number of hydrogen-bond acceptors (Lipinski definition) is 2. The third-order valence-electron chi connectivity index (χ3n) is 3.81. The topological polar surface area (TPSA) is 49.4 Å². The fourth-order valence-electron chi connectivity index (χ4n) is 2.61. The van der Waals surface area contributed by atoms with Crippen molar-refractivity contribution < 1.29 is 9.59 Å². The van der Waals surface area contributed by atoms with E-state index in [2.05, 4.69) is 5.32 Å². The van der Waals surface area contributed by atoms with E-state index in [9.17, 15) is 9.59 Å². The van der Waals surface area contributed by atoms with Gasteiger partial charge in [0.25, 0.3) is 5.91 Å². The number of nitrogens with zero attached hydrogens (tertiary/aromatic N) is 1. The van der Waals surface area contributed by atoms with Crippen molar-refractivity contribution in [3.63, 3.8) is 0 Å². The van der Waals surface area contributed by atoms with Crippen LogP contribution >= 0.6 is 0 Å². The van der Waals surface area contributed by atoms with E-state index in [0.29, 0.717) is 24.6 Å². The zero-order chi connectivity index (χ0) is 13.2. The van der Waals surface area contributed by atoms with Gasteiger partial charge in [0.15, 0.2) is 0 Å². The average molecular weight is 258 g/mol. The molecule has 1 aromatic carbocycles. The van der Waals surface area contributed by atoms with Crippen LogP contribution in [0.4, 0.5) is 0 Å². The molecule has 0 spiro atoms. The highest BCUT2D eigenvalue weighted by Crippen LogP contribution is 2.32. The highest BCUT2D eigenvalue weighted by atomic mass is 16.2. The van der Waals surface area contributed by atoms with E-state index in [4.69, 9.17) is 0 Å². The minimum atomic E-state index is -0.0575. The molecule has 100 valence electrons. The van der Waals surface area contributed by atoms with Crippen molar-refractivity contribution in [2.45, 2.75) is 25.3 Å². The van der Waals surface area contributed by atoms with E-state index in [-0.39, 0.29) is 17.7 Å². The fraction of sp³-hybridized carbons (Fsp3) is 0.467. The third-order valence-corrected chi connectivity index (χ3v) is 3.81. The van der Waals surface area contributed by atoms with E-state index in [0.717, 1.165) is 19.4 Å². The van der Waals surface area contributed by atoms with Crippen molar-refractivity contribution in [1.29, 1.82) is 0 Å². The largest absolute Gasteiger partial charge is 0.352 e. The zero-order valence-corrected chi connectivity index (χ0v) is 10.8. The molecule has 2 fully saturated rings. The highest BCUT2D eigenvalue weighted by molar-refractivity contribution is 5.94. The Labute approximate surface area is 112 Å². The Balaban J connectivity index is 1.50. The molecule has 0 bridgehead atoms. The molecule has 1 aliphatic heterocycles. The number of carbonyl (C=O) groups is 2. The van der Waals surface area contributed by atoms with Crippen LogP contribution in [0.25, 0.3) is 0 Å². The van der Waals surface area contributed by atoms with Gasteiger partial charge in [-0.15, -0.1) is 0 Å². The van der Waals surface area contributed by atoms with E-state index in [1.807, 2.05) is 23.1 Å². The highest BCUT2D eigenvalue weighted by Gasteiger charge is 2.39. The quantitative estimate of drug-likeness (QED) is 0.888. The van der Waals surface area contributed by atoms with Crippen LogP contribution in [-0.4, -0.2) is 35.8 Å². The van der Waals surface area contributed by atoms with Crippen LogP contribution in [0.3, 0.4) is 0 Å². The van der Waals surface area contributed by atoms with Gasteiger partial charge in [-0.05, 0) is 25.0 Å². The van der Waals surface area contributed by atoms with Crippen LogP contribution in [0.5, 0.6) is 0 Å². The van der Waals surface area contributed by atoms with Crippen molar-refractivity contribution in [3.8, 4) is 0 Å². The molecule has 0 aromatic heterocycles.